The largest absolute Gasteiger partial charge is 0.378 e. The SMILES string of the molecule is O=C([C@H](O)c1cccc(-c2cccc(F)c2)c1)N1CCCc2nc(C3(c4ccccc4)CC3)[nH]c(=O)c2C1. The monoisotopic (exact) mass is 509 g/mol. The first kappa shape index (κ1) is 24.2. The van der Waals surface area contributed by atoms with Crippen molar-refractivity contribution in [1.29, 1.82) is 0 Å². The lowest BCUT2D eigenvalue weighted by molar-refractivity contribution is -0.141. The Bertz CT molecular complexity index is 1560. The van der Waals surface area contributed by atoms with E-state index in [9.17, 15) is 19.1 Å². The minimum Gasteiger partial charge on any atom is -0.378 e. The average Bonchev–Trinajstić information content (AvgIpc) is 3.77. The zero-order valence-corrected chi connectivity index (χ0v) is 20.9. The predicted octanol–water partition coefficient (Wildman–Crippen LogP) is 4.66. The molecule has 7 heteroatoms. The van der Waals surface area contributed by atoms with Gasteiger partial charge in [-0.25, -0.2) is 9.37 Å². The molecule has 0 saturated heterocycles. The number of aliphatic hydroxyl groups is 1. The fraction of sp³-hybridized carbons (Fsp3) is 0.258. The molecule has 2 N–H and O–H groups in total. The van der Waals surface area contributed by atoms with Crippen molar-refractivity contribution in [3.8, 4) is 11.1 Å². The second-order valence-electron chi connectivity index (χ2n) is 10.2. The number of benzene rings is 3. The van der Waals surface area contributed by atoms with E-state index in [1.54, 1.807) is 30.3 Å². The highest BCUT2D eigenvalue weighted by atomic mass is 19.1. The first-order chi connectivity index (χ1) is 18.4. The average molecular weight is 510 g/mol. The number of aromatic nitrogens is 2. The summed E-state index contributed by atoms with van der Waals surface area (Å²) in [5.74, 6) is -0.131. The molecule has 1 amide bonds. The van der Waals surface area contributed by atoms with Gasteiger partial charge in [-0.15, -0.1) is 0 Å². The summed E-state index contributed by atoms with van der Waals surface area (Å²) in [6.45, 7) is 0.504. The second-order valence-corrected chi connectivity index (χ2v) is 10.2. The molecule has 1 aliphatic heterocycles. The van der Waals surface area contributed by atoms with Crippen LogP contribution in [0.25, 0.3) is 11.1 Å². The summed E-state index contributed by atoms with van der Waals surface area (Å²) in [7, 11) is 0. The summed E-state index contributed by atoms with van der Waals surface area (Å²) in [6, 6.07) is 23.2. The van der Waals surface area contributed by atoms with E-state index in [4.69, 9.17) is 4.98 Å². The zero-order chi connectivity index (χ0) is 26.3. The normalized spacial score (nSPS) is 16.8. The molecule has 0 spiro atoms. The van der Waals surface area contributed by atoms with Crippen LogP contribution in [0.2, 0.25) is 0 Å². The molecule has 2 aliphatic rings. The van der Waals surface area contributed by atoms with E-state index in [-0.39, 0.29) is 23.3 Å². The number of H-pyrrole nitrogens is 1. The van der Waals surface area contributed by atoms with Gasteiger partial charge in [0.25, 0.3) is 11.5 Å². The molecule has 3 aromatic carbocycles. The van der Waals surface area contributed by atoms with Gasteiger partial charge in [0.05, 0.1) is 23.2 Å². The third kappa shape index (κ3) is 4.43. The summed E-state index contributed by atoms with van der Waals surface area (Å²) in [6.07, 6.45) is 1.70. The van der Waals surface area contributed by atoms with Crippen molar-refractivity contribution in [1.82, 2.24) is 14.9 Å². The standard InChI is InChI=1S/C31H28FN3O3/c32-24-12-5-8-21(18-24)20-7-4-9-22(17-20)27(36)29(38)35-16-6-13-26-25(19-35)28(37)34-30(33-26)31(14-15-31)23-10-2-1-3-11-23/h1-5,7-12,17-18,27,36H,6,13-16,19H2,(H,33,34,37)/t27-/m1/s1. The summed E-state index contributed by atoms with van der Waals surface area (Å²) >= 11 is 0. The van der Waals surface area contributed by atoms with Gasteiger partial charge in [0, 0.05) is 6.54 Å². The minimum absolute atomic E-state index is 0.0930. The summed E-state index contributed by atoms with van der Waals surface area (Å²) in [5.41, 5.74) is 3.66. The predicted molar refractivity (Wildman–Crippen MR) is 142 cm³/mol. The molecule has 0 bridgehead atoms. The van der Waals surface area contributed by atoms with Crippen LogP contribution in [0, 0.1) is 5.82 Å². The molecule has 192 valence electrons. The number of hydrogen-bond donors (Lipinski definition) is 2. The molecule has 6 nitrogen and oxygen atoms in total. The Hall–Kier alpha value is -4.10. The van der Waals surface area contributed by atoms with Gasteiger partial charge in [-0.2, -0.15) is 0 Å². The van der Waals surface area contributed by atoms with Gasteiger partial charge in [0.2, 0.25) is 0 Å². The highest BCUT2D eigenvalue weighted by Crippen LogP contribution is 2.51. The van der Waals surface area contributed by atoms with Gasteiger partial charge >= 0.3 is 0 Å². The number of nitrogens with one attached hydrogen (secondary N) is 1. The first-order valence-electron chi connectivity index (χ1n) is 13.0. The molecule has 2 heterocycles. The number of halogens is 1. The molecule has 38 heavy (non-hydrogen) atoms. The summed E-state index contributed by atoms with van der Waals surface area (Å²) < 4.78 is 13.7. The lowest BCUT2D eigenvalue weighted by Crippen LogP contribution is -2.36. The van der Waals surface area contributed by atoms with Crippen LogP contribution >= 0.6 is 0 Å². The van der Waals surface area contributed by atoms with E-state index in [1.807, 2.05) is 24.3 Å². The highest BCUT2D eigenvalue weighted by Gasteiger charge is 2.48. The van der Waals surface area contributed by atoms with Gasteiger partial charge in [0.15, 0.2) is 6.10 Å². The Morgan fingerprint density at radius 2 is 1.74 bits per heavy atom. The Balaban J connectivity index is 1.25. The maximum Gasteiger partial charge on any atom is 0.256 e. The number of rotatable bonds is 5. The number of aromatic amines is 1. The second kappa shape index (κ2) is 9.65. The van der Waals surface area contributed by atoms with Crippen molar-refractivity contribution < 1.29 is 14.3 Å². The Morgan fingerprint density at radius 1 is 1.00 bits per heavy atom. The minimum atomic E-state index is -1.40. The number of aliphatic hydroxyl groups excluding tert-OH is 1. The van der Waals surface area contributed by atoms with Gasteiger partial charge in [-0.05, 0) is 66.1 Å². The number of fused-ring (bicyclic) bond motifs is 1. The number of nitrogens with zero attached hydrogens (tertiary/aromatic N) is 2. The number of aryl methyl sites for hydroxylation is 1. The molecule has 1 aliphatic carbocycles. The van der Waals surface area contributed by atoms with Crippen LogP contribution in [0.15, 0.2) is 83.7 Å². The number of carbonyl (C=O) groups excluding carboxylic acids is 1. The van der Waals surface area contributed by atoms with E-state index in [2.05, 4.69) is 17.1 Å². The Labute approximate surface area is 219 Å². The van der Waals surface area contributed by atoms with Crippen LogP contribution in [0.1, 0.15) is 53.6 Å². The van der Waals surface area contributed by atoms with Crippen molar-refractivity contribution in [2.45, 2.75) is 43.7 Å². The fourth-order valence-electron chi connectivity index (χ4n) is 5.45. The van der Waals surface area contributed by atoms with Gasteiger partial charge in [-0.3, -0.25) is 9.59 Å². The Kier molecular flexibility index (Phi) is 6.16. The van der Waals surface area contributed by atoms with Crippen LogP contribution in [0.4, 0.5) is 4.39 Å². The van der Waals surface area contributed by atoms with Gasteiger partial charge < -0.3 is 15.0 Å². The van der Waals surface area contributed by atoms with E-state index in [0.29, 0.717) is 47.5 Å². The van der Waals surface area contributed by atoms with Crippen molar-refractivity contribution in [3.63, 3.8) is 0 Å². The summed E-state index contributed by atoms with van der Waals surface area (Å²) in [5, 5.41) is 11.0. The van der Waals surface area contributed by atoms with Crippen LogP contribution in [0.3, 0.4) is 0 Å². The third-order valence-electron chi connectivity index (χ3n) is 7.73. The van der Waals surface area contributed by atoms with E-state index >= 15 is 0 Å². The molecule has 1 saturated carbocycles. The highest BCUT2D eigenvalue weighted by molar-refractivity contribution is 5.82. The van der Waals surface area contributed by atoms with Crippen LogP contribution in [0.5, 0.6) is 0 Å². The lowest BCUT2D eigenvalue weighted by atomic mass is 9.94. The lowest BCUT2D eigenvalue weighted by Gasteiger charge is -2.24. The molecule has 1 atom stereocenters. The maximum atomic E-state index is 13.7. The van der Waals surface area contributed by atoms with E-state index in [0.717, 1.165) is 24.1 Å². The van der Waals surface area contributed by atoms with Crippen LogP contribution in [-0.2, 0) is 23.2 Å². The molecule has 1 fully saturated rings. The van der Waals surface area contributed by atoms with Gasteiger partial charge in [0.1, 0.15) is 11.6 Å². The molecular weight excluding hydrogens is 481 g/mol. The van der Waals surface area contributed by atoms with Crippen molar-refractivity contribution in [2.75, 3.05) is 6.54 Å². The Morgan fingerprint density at radius 3 is 2.47 bits per heavy atom. The molecule has 6 rings (SSSR count). The summed E-state index contributed by atoms with van der Waals surface area (Å²) in [4.78, 5) is 36.1. The smallest absolute Gasteiger partial charge is 0.256 e. The number of hydrogen-bond acceptors (Lipinski definition) is 4. The molecular formula is C31H28FN3O3. The topological polar surface area (TPSA) is 86.3 Å². The number of amides is 1. The molecule has 0 unspecified atom stereocenters. The van der Waals surface area contributed by atoms with Crippen LogP contribution in [-0.4, -0.2) is 32.4 Å². The van der Waals surface area contributed by atoms with E-state index in [1.165, 1.54) is 17.0 Å². The zero-order valence-electron chi connectivity index (χ0n) is 20.9. The molecule has 1 aromatic heterocycles. The molecule has 0 radical (unpaired) electrons. The first-order valence-corrected chi connectivity index (χ1v) is 13.0. The van der Waals surface area contributed by atoms with Crippen molar-refractivity contribution >= 4 is 5.91 Å². The maximum absolute atomic E-state index is 13.7. The van der Waals surface area contributed by atoms with E-state index < -0.39 is 12.0 Å². The van der Waals surface area contributed by atoms with Crippen molar-refractivity contribution in [2.24, 2.45) is 0 Å². The van der Waals surface area contributed by atoms with Crippen molar-refractivity contribution in [3.05, 3.63) is 123 Å². The fourth-order valence-corrected chi connectivity index (χ4v) is 5.45. The van der Waals surface area contributed by atoms with Gasteiger partial charge in [-0.1, -0.05) is 60.7 Å². The van der Waals surface area contributed by atoms with Crippen LogP contribution < -0.4 is 5.56 Å². The molecule has 4 aromatic rings. The number of carbonyl (C=O) groups is 1. The third-order valence-corrected chi connectivity index (χ3v) is 7.73. The quantitative estimate of drug-likeness (QED) is 0.410.